The summed E-state index contributed by atoms with van der Waals surface area (Å²) in [7, 11) is 0. The molecule has 0 bridgehead atoms. The molecule has 2 aliphatic rings. The van der Waals surface area contributed by atoms with Crippen LogP contribution in [-0.2, 0) is 4.74 Å². The summed E-state index contributed by atoms with van der Waals surface area (Å²) in [4.78, 5) is 1.52. The van der Waals surface area contributed by atoms with Crippen LogP contribution in [0.4, 0.5) is 0 Å². The standard InChI is InChI=1S/C17H28N2OS/c1-13(11-15-12-20-9-8-18-15)19-17(14-5-2-3-6-14)16-7-4-10-21-16/h4,7,10,13-15,17-19H,2-3,5-6,8-9,11-12H2,1H3. The van der Waals surface area contributed by atoms with Gasteiger partial charge in [-0.15, -0.1) is 11.3 Å². The van der Waals surface area contributed by atoms with E-state index in [0.717, 1.165) is 32.1 Å². The minimum atomic E-state index is 0.508. The number of nitrogens with one attached hydrogen (secondary N) is 2. The molecular formula is C17H28N2OS. The third kappa shape index (κ3) is 4.28. The van der Waals surface area contributed by atoms with Crippen molar-refractivity contribution in [1.29, 1.82) is 0 Å². The van der Waals surface area contributed by atoms with Gasteiger partial charge in [0.05, 0.1) is 13.2 Å². The van der Waals surface area contributed by atoms with E-state index in [1.54, 1.807) is 0 Å². The molecule has 0 radical (unpaired) electrons. The molecule has 21 heavy (non-hydrogen) atoms. The number of morpholine rings is 1. The van der Waals surface area contributed by atoms with Crippen molar-refractivity contribution >= 4 is 11.3 Å². The lowest BCUT2D eigenvalue weighted by molar-refractivity contribution is 0.0703. The summed E-state index contributed by atoms with van der Waals surface area (Å²) in [5.74, 6) is 0.821. The zero-order valence-corrected chi connectivity index (χ0v) is 13.8. The van der Waals surface area contributed by atoms with Crippen LogP contribution in [0.15, 0.2) is 17.5 Å². The highest BCUT2D eigenvalue weighted by Gasteiger charge is 2.28. The van der Waals surface area contributed by atoms with E-state index in [0.29, 0.717) is 18.1 Å². The fourth-order valence-corrected chi connectivity index (χ4v) is 4.66. The monoisotopic (exact) mass is 308 g/mol. The normalized spacial score (nSPS) is 26.8. The first-order valence-electron chi connectivity index (χ1n) is 8.43. The molecule has 1 aliphatic carbocycles. The van der Waals surface area contributed by atoms with Crippen LogP contribution in [0.2, 0.25) is 0 Å². The zero-order valence-electron chi connectivity index (χ0n) is 13.0. The highest BCUT2D eigenvalue weighted by Crippen LogP contribution is 2.37. The number of hydrogen-bond donors (Lipinski definition) is 2. The Morgan fingerprint density at radius 1 is 1.43 bits per heavy atom. The van der Waals surface area contributed by atoms with Crippen molar-refractivity contribution in [2.45, 2.75) is 57.2 Å². The Morgan fingerprint density at radius 3 is 2.95 bits per heavy atom. The van der Waals surface area contributed by atoms with E-state index in [2.05, 4.69) is 35.1 Å². The molecule has 1 aliphatic heterocycles. The molecule has 1 saturated heterocycles. The van der Waals surface area contributed by atoms with Crippen LogP contribution in [0.5, 0.6) is 0 Å². The lowest BCUT2D eigenvalue weighted by atomic mass is 9.95. The van der Waals surface area contributed by atoms with Crippen LogP contribution in [-0.4, -0.2) is 31.8 Å². The van der Waals surface area contributed by atoms with Crippen molar-refractivity contribution in [2.24, 2.45) is 5.92 Å². The molecule has 0 aromatic carbocycles. The van der Waals surface area contributed by atoms with Gasteiger partial charge in [0.15, 0.2) is 0 Å². The third-order valence-corrected chi connectivity index (χ3v) is 5.78. The number of thiophene rings is 1. The lowest BCUT2D eigenvalue weighted by Gasteiger charge is -2.31. The molecule has 3 rings (SSSR count). The van der Waals surface area contributed by atoms with Crippen molar-refractivity contribution in [3.8, 4) is 0 Å². The van der Waals surface area contributed by atoms with Gasteiger partial charge in [-0.3, -0.25) is 0 Å². The SMILES string of the molecule is CC(CC1COCCN1)NC(c1cccs1)C1CCCC1. The minimum absolute atomic E-state index is 0.508. The minimum Gasteiger partial charge on any atom is -0.379 e. The van der Waals surface area contributed by atoms with Crippen molar-refractivity contribution < 1.29 is 4.74 Å². The fourth-order valence-electron chi connectivity index (χ4n) is 3.78. The zero-order chi connectivity index (χ0) is 14.5. The molecular weight excluding hydrogens is 280 g/mol. The highest BCUT2D eigenvalue weighted by atomic mass is 32.1. The van der Waals surface area contributed by atoms with Gasteiger partial charge in [-0.25, -0.2) is 0 Å². The average Bonchev–Trinajstić information content (AvgIpc) is 3.19. The molecule has 2 heterocycles. The van der Waals surface area contributed by atoms with Crippen LogP contribution in [0, 0.1) is 5.92 Å². The maximum atomic E-state index is 5.57. The van der Waals surface area contributed by atoms with E-state index in [9.17, 15) is 0 Å². The number of hydrogen-bond acceptors (Lipinski definition) is 4. The lowest BCUT2D eigenvalue weighted by Crippen LogP contribution is -2.46. The van der Waals surface area contributed by atoms with Gasteiger partial charge in [-0.05, 0) is 43.6 Å². The Labute approximate surface area is 132 Å². The van der Waals surface area contributed by atoms with Gasteiger partial charge < -0.3 is 15.4 Å². The second kappa shape index (κ2) is 7.73. The predicted octanol–water partition coefficient (Wildman–Crippen LogP) is 3.34. The van der Waals surface area contributed by atoms with E-state index in [-0.39, 0.29) is 0 Å². The van der Waals surface area contributed by atoms with Gasteiger partial charge >= 0.3 is 0 Å². The Hall–Kier alpha value is -0.420. The molecule has 1 saturated carbocycles. The summed E-state index contributed by atoms with van der Waals surface area (Å²) >= 11 is 1.90. The van der Waals surface area contributed by atoms with Gasteiger partial charge in [-0.1, -0.05) is 18.9 Å². The Balaban J connectivity index is 1.58. The number of ether oxygens (including phenoxy) is 1. The summed E-state index contributed by atoms with van der Waals surface area (Å²) in [6, 6.07) is 6.07. The molecule has 1 aromatic heterocycles. The topological polar surface area (TPSA) is 33.3 Å². The molecule has 3 unspecified atom stereocenters. The molecule has 0 amide bonds. The van der Waals surface area contributed by atoms with E-state index < -0.39 is 0 Å². The molecule has 118 valence electrons. The quantitative estimate of drug-likeness (QED) is 0.845. The van der Waals surface area contributed by atoms with Gasteiger partial charge in [0, 0.05) is 29.5 Å². The van der Waals surface area contributed by atoms with E-state index in [1.165, 1.54) is 30.6 Å². The van der Waals surface area contributed by atoms with Gasteiger partial charge in [-0.2, -0.15) is 0 Å². The maximum Gasteiger partial charge on any atom is 0.0620 e. The second-order valence-electron chi connectivity index (χ2n) is 6.57. The molecule has 3 nitrogen and oxygen atoms in total. The van der Waals surface area contributed by atoms with E-state index in [1.807, 2.05) is 11.3 Å². The van der Waals surface area contributed by atoms with Crippen molar-refractivity contribution in [3.63, 3.8) is 0 Å². The summed E-state index contributed by atoms with van der Waals surface area (Å²) in [5.41, 5.74) is 0. The average molecular weight is 308 g/mol. The van der Waals surface area contributed by atoms with Crippen LogP contribution < -0.4 is 10.6 Å². The van der Waals surface area contributed by atoms with Crippen LogP contribution in [0.1, 0.15) is 49.9 Å². The highest BCUT2D eigenvalue weighted by molar-refractivity contribution is 7.10. The largest absolute Gasteiger partial charge is 0.379 e. The predicted molar refractivity (Wildman–Crippen MR) is 88.8 cm³/mol. The van der Waals surface area contributed by atoms with E-state index >= 15 is 0 Å². The van der Waals surface area contributed by atoms with Crippen molar-refractivity contribution in [3.05, 3.63) is 22.4 Å². The first-order valence-corrected chi connectivity index (χ1v) is 9.31. The summed E-state index contributed by atoms with van der Waals surface area (Å²) in [6.07, 6.45) is 6.72. The molecule has 1 aromatic rings. The Morgan fingerprint density at radius 2 is 2.29 bits per heavy atom. The number of rotatable bonds is 6. The van der Waals surface area contributed by atoms with E-state index in [4.69, 9.17) is 4.74 Å². The van der Waals surface area contributed by atoms with Crippen molar-refractivity contribution in [2.75, 3.05) is 19.8 Å². The Bertz CT molecular complexity index is 397. The third-order valence-electron chi connectivity index (χ3n) is 4.82. The second-order valence-corrected chi connectivity index (χ2v) is 7.55. The molecule has 4 heteroatoms. The molecule has 2 fully saturated rings. The smallest absolute Gasteiger partial charge is 0.0620 e. The maximum absolute atomic E-state index is 5.57. The first kappa shape index (κ1) is 15.5. The molecule has 0 spiro atoms. The molecule has 2 N–H and O–H groups in total. The summed E-state index contributed by atoms with van der Waals surface area (Å²) in [6.45, 7) is 5.04. The van der Waals surface area contributed by atoms with Crippen LogP contribution in [0.3, 0.4) is 0 Å². The molecule has 3 atom stereocenters. The first-order chi connectivity index (χ1) is 10.3. The van der Waals surface area contributed by atoms with Gasteiger partial charge in [0.25, 0.3) is 0 Å². The Kier molecular flexibility index (Phi) is 5.69. The van der Waals surface area contributed by atoms with Gasteiger partial charge in [0.2, 0.25) is 0 Å². The van der Waals surface area contributed by atoms with Gasteiger partial charge in [0.1, 0.15) is 0 Å². The fraction of sp³-hybridized carbons (Fsp3) is 0.765. The van der Waals surface area contributed by atoms with Crippen molar-refractivity contribution in [1.82, 2.24) is 10.6 Å². The summed E-state index contributed by atoms with van der Waals surface area (Å²) in [5, 5.41) is 9.70. The van der Waals surface area contributed by atoms with Crippen LogP contribution >= 0.6 is 11.3 Å². The summed E-state index contributed by atoms with van der Waals surface area (Å²) < 4.78 is 5.57. The van der Waals surface area contributed by atoms with Crippen LogP contribution in [0.25, 0.3) is 0 Å².